The van der Waals surface area contributed by atoms with Crippen molar-refractivity contribution in [1.29, 1.82) is 0 Å². The molecule has 5 nitrogen and oxygen atoms in total. The summed E-state index contributed by atoms with van der Waals surface area (Å²) < 4.78 is 28.2. The van der Waals surface area contributed by atoms with Crippen LogP contribution < -0.4 is 9.62 Å². The second kappa shape index (κ2) is 11.5. The van der Waals surface area contributed by atoms with Crippen LogP contribution in [0.4, 0.5) is 5.69 Å². The van der Waals surface area contributed by atoms with Gasteiger partial charge in [0.1, 0.15) is 6.54 Å². The smallest absolute Gasteiger partial charge is 0.264 e. The quantitative estimate of drug-likeness (QED) is 0.399. The number of carbonyl (C=O) groups is 1. The fourth-order valence-electron chi connectivity index (χ4n) is 3.68. The average molecular weight is 499 g/mol. The van der Waals surface area contributed by atoms with Gasteiger partial charge in [-0.2, -0.15) is 0 Å². The molecule has 3 aromatic rings. The molecule has 0 saturated heterocycles. The van der Waals surface area contributed by atoms with Crippen molar-refractivity contribution in [1.82, 2.24) is 5.32 Å². The zero-order chi connectivity index (χ0) is 24.7. The highest BCUT2D eigenvalue weighted by atomic mass is 35.5. The molecule has 0 heterocycles. The molecule has 34 heavy (non-hydrogen) atoms. The summed E-state index contributed by atoms with van der Waals surface area (Å²) in [6.45, 7) is 6.14. The van der Waals surface area contributed by atoms with Crippen LogP contribution in [-0.2, 0) is 21.2 Å². The van der Waals surface area contributed by atoms with Crippen molar-refractivity contribution >= 4 is 33.2 Å². The molecule has 0 aromatic heterocycles. The standard InChI is InChI=1S/C27H31ClN2O3S/c1-4-22(17-23-8-6-5-7-9-23)18-29-27(31)19-30(25-13-10-20(2)21(3)16-25)34(32,33)26-14-11-24(28)12-15-26/h5-16,22H,4,17-19H2,1-3H3,(H,29,31). The molecule has 0 spiro atoms. The summed E-state index contributed by atoms with van der Waals surface area (Å²) in [6.07, 6.45) is 1.75. The minimum absolute atomic E-state index is 0.0819. The number of rotatable bonds is 10. The second-order valence-corrected chi connectivity index (χ2v) is 10.8. The van der Waals surface area contributed by atoms with Crippen LogP contribution in [-0.4, -0.2) is 27.4 Å². The van der Waals surface area contributed by atoms with Gasteiger partial charge in [0, 0.05) is 11.6 Å². The number of aryl methyl sites for hydroxylation is 2. The zero-order valence-electron chi connectivity index (χ0n) is 19.8. The van der Waals surface area contributed by atoms with Gasteiger partial charge in [0.15, 0.2) is 0 Å². The monoisotopic (exact) mass is 498 g/mol. The Morgan fingerprint density at radius 2 is 1.65 bits per heavy atom. The summed E-state index contributed by atoms with van der Waals surface area (Å²) in [6, 6.07) is 21.5. The maximum atomic E-state index is 13.5. The third kappa shape index (κ3) is 6.61. The van der Waals surface area contributed by atoms with Gasteiger partial charge < -0.3 is 5.32 Å². The molecule has 0 aliphatic carbocycles. The number of halogens is 1. The average Bonchev–Trinajstić information content (AvgIpc) is 2.83. The Morgan fingerprint density at radius 1 is 0.971 bits per heavy atom. The first-order chi connectivity index (χ1) is 16.2. The fraction of sp³-hybridized carbons (Fsp3) is 0.296. The maximum Gasteiger partial charge on any atom is 0.264 e. The fourth-order valence-corrected chi connectivity index (χ4v) is 5.22. The van der Waals surface area contributed by atoms with E-state index in [0.717, 1.165) is 28.3 Å². The number of sulfonamides is 1. The number of hydrogen-bond acceptors (Lipinski definition) is 3. The van der Waals surface area contributed by atoms with Crippen LogP contribution in [0.25, 0.3) is 0 Å². The molecular weight excluding hydrogens is 468 g/mol. The summed E-state index contributed by atoms with van der Waals surface area (Å²) in [5.41, 5.74) is 3.65. The molecule has 180 valence electrons. The predicted octanol–water partition coefficient (Wildman–Crippen LogP) is 5.54. The summed E-state index contributed by atoms with van der Waals surface area (Å²) in [5.74, 6) is -0.0865. The first kappa shape index (κ1) is 25.8. The van der Waals surface area contributed by atoms with Crippen LogP contribution in [0.5, 0.6) is 0 Å². The van der Waals surface area contributed by atoms with E-state index in [2.05, 4.69) is 24.4 Å². The number of hydrogen-bond donors (Lipinski definition) is 1. The SMILES string of the molecule is CCC(CNC(=O)CN(c1ccc(C)c(C)c1)S(=O)(=O)c1ccc(Cl)cc1)Cc1ccccc1. The van der Waals surface area contributed by atoms with E-state index in [1.54, 1.807) is 12.1 Å². The van der Waals surface area contributed by atoms with Crippen LogP contribution in [0.2, 0.25) is 5.02 Å². The summed E-state index contributed by atoms with van der Waals surface area (Å²) >= 11 is 5.95. The van der Waals surface area contributed by atoms with Gasteiger partial charge in [0.05, 0.1) is 10.6 Å². The van der Waals surface area contributed by atoms with Gasteiger partial charge in [0.25, 0.3) is 10.0 Å². The Kier molecular flexibility index (Phi) is 8.75. The van der Waals surface area contributed by atoms with E-state index in [1.807, 2.05) is 38.1 Å². The number of nitrogens with zero attached hydrogens (tertiary/aromatic N) is 1. The van der Waals surface area contributed by atoms with Crippen molar-refractivity contribution in [3.63, 3.8) is 0 Å². The molecule has 1 atom stereocenters. The molecule has 0 saturated carbocycles. The van der Waals surface area contributed by atoms with E-state index in [0.29, 0.717) is 17.3 Å². The summed E-state index contributed by atoms with van der Waals surface area (Å²) in [5, 5.41) is 3.39. The molecule has 1 N–H and O–H groups in total. The molecule has 1 unspecified atom stereocenters. The zero-order valence-corrected chi connectivity index (χ0v) is 21.4. The topological polar surface area (TPSA) is 66.5 Å². The molecule has 0 aliphatic heterocycles. The minimum atomic E-state index is -3.97. The van der Waals surface area contributed by atoms with Crippen molar-refractivity contribution in [3.05, 3.63) is 94.5 Å². The third-order valence-corrected chi connectivity index (χ3v) is 8.04. The highest BCUT2D eigenvalue weighted by Gasteiger charge is 2.27. The van der Waals surface area contributed by atoms with Gasteiger partial charge in [-0.1, -0.05) is 61.3 Å². The minimum Gasteiger partial charge on any atom is -0.354 e. The Labute approximate surface area is 207 Å². The number of carbonyl (C=O) groups excluding carboxylic acids is 1. The van der Waals surface area contributed by atoms with Gasteiger partial charge in [-0.3, -0.25) is 9.10 Å². The molecule has 3 rings (SSSR count). The molecule has 1 amide bonds. The normalized spacial score (nSPS) is 12.2. The molecule has 0 bridgehead atoms. The number of amides is 1. The highest BCUT2D eigenvalue weighted by Crippen LogP contribution is 2.26. The Balaban J connectivity index is 1.80. The summed E-state index contributed by atoms with van der Waals surface area (Å²) in [7, 11) is -3.97. The second-order valence-electron chi connectivity index (χ2n) is 8.50. The largest absolute Gasteiger partial charge is 0.354 e. The third-order valence-electron chi connectivity index (χ3n) is 6.00. The number of anilines is 1. The Morgan fingerprint density at radius 3 is 2.26 bits per heavy atom. The highest BCUT2D eigenvalue weighted by molar-refractivity contribution is 7.92. The Bertz CT molecular complexity index is 1210. The van der Waals surface area contributed by atoms with E-state index in [4.69, 9.17) is 11.6 Å². The lowest BCUT2D eigenvalue weighted by Crippen LogP contribution is -2.42. The molecule has 0 radical (unpaired) electrons. The summed E-state index contributed by atoms with van der Waals surface area (Å²) in [4.78, 5) is 13.0. The van der Waals surface area contributed by atoms with Crippen LogP contribution in [0.3, 0.4) is 0 Å². The maximum absolute atomic E-state index is 13.5. The van der Waals surface area contributed by atoms with Gasteiger partial charge >= 0.3 is 0 Å². The number of nitrogens with one attached hydrogen (secondary N) is 1. The molecule has 3 aromatic carbocycles. The van der Waals surface area contributed by atoms with Crippen LogP contribution in [0.15, 0.2) is 77.7 Å². The Hall–Kier alpha value is -2.83. The first-order valence-electron chi connectivity index (χ1n) is 11.4. The van der Waals surface area contributed by atoms with E-state index < -0.39 is 10.0 Å². The molecule has 7 heteroatoms. The van der Waals surface area contributed by atoms with Crippen molar-refractivity contribution in [2.45, 2.75) is 38.5 Å². The van der Waals surface area contributed by atoms with Crippen LogP contribution in [0.1, 0.15) is 30.0 Å². The molecule has 0 fully saturated rings. The lowest BCUT2D eigenvalue weighted by molar-refractivity contribution is -0.119. The lowest BCUT2D eigenvalue weighted by Gasteiger charge is -2.25. The first-order valence-corrected chi connectivity index (χ1v) is 13.2. The molecular formula is C27H31ClN2O3S. The van der Waals surface area contributed by atoms with Crippen LogP contribution in [0, 0.1) is 19.8 Å². The van der Waals surface area contributed by atoms with Crippen LogP contribution >= 0.6 is 11.6 Å². The van der Waals surface area contributed by atoms with Gasteiger partial charge in [-0.25, -0.2) is 8.42 Å². The van der Waals surface area contributed by atoms with Gasteiger partial charge in [-0.05, 0) is 79.3 Å². The van der Waals surface area contributed by atoms with E-state index in [-0.39, 0.29) is 23.3 Å². The predicted molar refractivity (Wildman–Crippen MR) is 139 cm³/mol. The lowest BCUT2D eigenvalue weighted by atomic mass is 9.97. The van der Waals surface area contributed by atoms with Crippen molar-refractivity contribution in [2.24, 2.45) is 5.92 Å². The van der Waals surface area contributed by atoms with E-state index >= 15 is 0 Å². The van der Waals surface area contributed by atoms with Crippen molar-refractivity contribution < 1.29 is 13.2 Å². The van der Waals surface area contributed by atoms with E-state index in [1.165, 1.54) is 29.8 Å². The molecule has 0 aliphatic rings. The number of benzene rings is 3. The van der Waals surface area contributed by atoms with E-state index in [9.17, 15) is 13.2 Å². The van der Waals surface area contributed by atoms with Crippen molar-refractivity contribution in [2.75, 3.05) is 17.4 Å². The van der Waals surface area contributed by atoms with Crippen molar-refractivity contribution in [3.8, 4) is 0 Å². The van der Waals surface area contributed by atoms with Gasteiger partial charge in [0.2, 0.25) is 5.91 Å². The van der Waals surface area contributed by atoms with Gasteiger partial charge in [-0.15, -0.1) is 0 Å².